The molecule has 0 aromatic heterocycles. The van der Waals surface area contributed by atoms with Crippen molar-refractivity contribution in [3.63, 3.8) is 0 Å². The van der Waals surface area contributed by atoms with Crippen LogP contribution in [0.15, 0.2) is 18.2 Å². The number of carbonyl (C=O) groups is 1. The fourth-order valence-electron chi connectivity index (χ4n) is 3.16. The number of benzene rings is 1. The first-order valence-corrected chi connectivity index (χ1v) is 8.77. The van der Waals surface area contributed by atoms with Crippen LogP contribution in [0.5, 0.6) is 5.75 Å². The zero-order chi connectivity index (χ0) is 17.7. The van der Waals surface area contributed by atoms with Crippen LogP contribution >= 0.6 is 12.4 Å². The maximum absolute atomic E-state index is 12.4. The number of nitrogens with two attached hydrogens (primary N) is 1. The van der Waals surface area contributed by atoms with Crippen molar-refractivity contribution in [2.75, 3.05) is 20.2 Å². The Morgan fingerprint density at radius 3 is 2.76 bits per heavy atom. The summed E-state index contributed by atoms with van der Waals surface area (Å²) in [5.41, 5.74) is 8.10. The van der Waals surface area contributed by atoms with Gasteiger partial charge in [0.15, 0.2) is 0 Å². The van der Waals surface area contributed by atoms with Crippen LogP contribution in [-0.2, 0) is 4.79 Å². The van der Waals surface area contributed by atoms with Crippen LogP contribution in [0.2, 0.25) is 0 Å². The van der Waals surface area contributed by atoms with Crippen LogP contribution in [-0.4, -0.2) is 48.3 Å². The van der Waals surface area contributed by atoms with Crippen LogP contribution in [0.1, 0.15) is 36.8 Å². The van der Waals surface area contributed by atoms with Gasteiger partial charge >= 0.3 is 0 Å². The van der Waals surface area contributed by atoms with Crippen molar-refractivity contribution in [3.8, 4) is 5.75 Å². The minimum atomic E-state index is -0.561. The lowest BCUT2D eigenvalue weighted by molar-refractivity contribution is -0.136. The molecule has 0 unspecified atom stereocenters. The van der Waals surface area contributed by atoms with Crippen LogP contribution < -0.4 is 10.5 Å². The van der Waals surface area contributed by atoms with Gasteiger partial charge in [-0.25, -0.2) is 0 Å². The van der Waals surface area contributed by atoms with Gasteiger partial charge in [0.2, 0.25) is 5.91 Å². The third-order valence-corrected chi connectivity index (χ3v) is 4.83. The maximum atomic E-state index is 12.4. The number of rotatable bonds is 6. The molecule has 3 N–H and O–H groups in total. The highest BCUT2D eigenvalue weighted by Gasteiger charge is 2.32. The van der Waals surface area contributed by atoms with E-state index in [0.717, 1.165) is 24.2 Å². The van der Waals surface area contributed by atoms with Gasteiger partial charge in [-0.2, -0.15) is 0 Å². The number of amides is 1. The fraction of sp³-hybridized carbons (Fsp3) is 0.632. The Labute approximate surface area is 156 Å². The number of aliphatic hydroxyl groups is 1. The average molecular weight is 371 g/mol. The molecular weight excluding hydrogens is 340 g/mol. The Morgan fingerprint density at radius 2 is 2.08 bits per heavy atom. The normalized spacial score (nSPS) is 22.8. The van der Waals surface area contributed by atoms with E-state index in [9.17, 15) is 9.90 Å². The van der Waals surface area contributed by atoms with E-state index < -0.39 is 6.10 Å². The molecule has 5 nitrogen and oxygen atoms in total. The number of ether oxygens (including phenoxy) is 1. The summed E-state index contributed by atoms with van der Waals surface area (Å²) in [5.74, 6) is 0.908. The minimum Gasteiger partial charge on any atom is -0.493 e. The third-order valence-electron chi connectivity index (χ3n) is 4.83. The smallest absolute Gasteiger partial charge is 0.225 e. The Bertz CT molecular complexity index is 568. The van der Waals surface area contributed by atoms with Gasteiger partial charge in [-0.3, -0.25) is 4.79 Å². The molecule has 1 fully saturated rings. The predicted octanol–water partition coefficient (Wildman–Crippen LogP) is 2.44. The number of aliphatic hydroxyl groups excluding tert-OH is 1. The lowest BCUT2D eigenvalue weighted by atomic mass is 9.83. The molecule has 1 aliphatic carbocycles. The molecule has 3 atom stereocenters. The Hall–Kier alpha value is -1.30. The summed E-state index contributed by atoms with van der Waals surface area (Å²) in [6.45, 7) is 5.31. The maximum Gasteiger partial charge on any atom is 0.225 e. The van der Waals surface area contributed by atoms with Crippen LogP contribution in [0.4, 0.5) is 0 Å². The monoisotopic (exact) mass is 370 g/mol. The highest BCUT2D eigenvalue weighted by molar-refractivity contribution is 5.85. The highest BCUT2D eigenvalue weighted by atomic mass is 35.5. The van der Waals surface area contributed by atoms with Gasteiger partial charge in [0.25, 0.3) is 0 Å². The van der Waals surface area contributed by atoms with Crippen molar-refractivity contribution < 1.29 is 14.6 Å². The number of hydrogen-bond donors (Lipinski definition) is 2. The molecular formula is C19H31ClN2O3. The fourth-order valence-corrected chi connectivity index (χ4v) is 3.16. The first-order valence-electron chi connectivity index (χ1n) is 8.77. The van der Waals surface area contributed by atoms with E-state index in [1.165, 1.54) is 5.56 Å². The summed E-state index contributed by atoms with van der Waals surface area (Å²) in [4.78, 5) is 14.2. The van der Waals surface area contributed by atoms with Crippen LogP contribution in [0.25, 0.3) is 0 Å². The number of hydrogen-bond acceptors (Lipinski definition) is 4. The number of carbonyl (C=O) groups excluding carboxylic acids is 1. The number of halogens is 1. The van der Waals surface area contributed by atoms with E-state index in [2.05, 4.69) is 12.1 Å². The molecule has 25 heavy (non-hydrogen) atoms. The van der Waals surface area contributed by atoms with Crippen molar-refractivity contribution in [1.29, 1.82) is 0 Å². The summed E-state index contributed by atoms with van der Waals surface area (Å²) < 4.78 is 5.83. The summed E-state index contributed by atoms with van der Waals surface area (Å²) in [6, 6.07) is 5.97. The van der Waals surface area contributed by atoms with Gasteiger partial charge in [0, 0.05) is 25.6 Å². The van der Waals surface area contributed by atoms with Crippen molar-refractivity contribution in [2.24, 2.45) is 11.7 Å². The predicted molar refractivity (Wildman–Crippen MR) is 102 cm³/mol. The standard InChI is InChI=1S/C19H30N2O3.ClH/c1-13-5-6-14(2)18(11-13)24-10-4-9-21(3)19(23)15-7-8-16(20)17(22)12-15;/h5-6,11,15-17,22H,4,7-10,12,20H2,1-3H3;1H/t15-,16+,17+;/m0./s1. The third kappa shape index (κ3) is 6.17. The minimum absolute atomic E-state index is 0. The molecule has 1 amide bonds. The SMILES string of the molecule is Cc1ccc(C)c(OCCCN(C)C(=O)[C@H]2CC[C@@H](N)[C@H](O)C2)c1.Cl. The van der Waals surface area contributed by atoms with Gasteiger partial charge in [-0.1, -0.05) is 12.1 Å². The van der Waals surface area contributed by atoms with Crippen molar-refractivity contribution in [3.05, 3.63) is 29.3 Å². The second-order valence-electron chi connectivity index (χ2n) is 6.97. The topological polar surface area (TPSA) is 75.8 Å². The molecule has 0 spiro atoms. The molecule has 1 aromatic rings. The van der Waals surface area contributed by atoms with E-state index in [4.69, 9.17) is 10.5 Å². The quantitative estimate of drug-likeness (QED) is 0.754. The second-order valence-corrected chi connectivity index (χ2v) is 6.97. The van der Waals surface area contributed by atoms with Gasteiger partial charge in [-0.15, -0.1) is 12.4 Å². The summed E-state index contributed by atoms with van der Waals surface area (Å²) in [6.07, 6.45) is 2.17. The molecule has 0 radical (unpaired) electrons. The molecule has 1 saturated carbocycles. The van der Waals surface area contributed by atoms with Crippen molar-refractivity contribution in [2.45, 2.75) is 51.7 Å². The van der Waals surface area contributed by atoms with Gasteiger partial charge in [-0.05, 0) is 56.7 Å². The molecule has 1 aliphatic rings. The summed E-state index contributed by atoms with van der Waals surface area (Å²) >= 11 is 0. The van der Waals surface area contributed by atoms with Gasteiger partial charge in [0.05, 0.1) is 12.7 Å². The van der Waals surface area contributed by atoms with Crippen LogP contribution in [0, 0.1) is 19.8 Å². The van der Waals surface area contributed by atoms with E-state index in [-0.39, 0.29) is 30.3 Å². The summed E-state index contributed by atoms with van der Waals surface area (Å²) in [7, 11) is 1.82. The number of nitrogens with zero attached hydrogens (tertiary/aromatic N) is 1. The molecule has 142 valence electrons. The lowest BCUT2D eigenvalue weighted by Gasteiger charge is -2.32. The second kappa shape index (κ2) is 10.00. The Morgan fingerprint density at radius 1 is 1.36 bits per heavy atom. The van der Waals surface area contributed by atoms with E-state index in [1.807, 2.05) is 27.0 Å². The van der Waals surface area contributed by atoms with Gasteiger partial charge < -0.3 is 20.5 Å². The Kier molecular flexibility index (Phi) is 8.69. The van der Waals surface area contributed by atoms with Gasteiger partial charge in [0.1, 0.15) is 5.75 Å². The molecule has 2 rings (SSSR count). The van der Waals surface area contributed by atoms with E-state index in [1.54, 1.807) is 4.90 Å². The highest BCUT2D eigenvalue weighted by Crippen LogP contribution is 2.25. The van der Waals surface area contributed by atoms with E-state index in [0.29, 0.717) is 26.0 Å². The van der Waals surface area contributed by atoms with Crippen molar-refractivity contribution >= 4 is 18.3 Å². The molecule has 6 heteroatoms. The van der Waals surface area contributed by atoms with Crippen LogP contribution in [0.3, 0.4) is 0 Å². The average Bonchev–Trinajstić information content (AvgIpc) is 2.56. The first kappa shape index (κ1) is 21.7. The zero-order valence-corrected chi connectivity index (χ0v) is 16.2. The first-order chi connectivity index (χ1) is 11.4. The Balaban J connectivity index is 0.00000312. The zero-order valence-electron chi connectivity index (χ0n) is 15.4. The molecule has 0 heterocycles. The molecule has 0 saturated heterocycles. The number of aryl methyl sites for hydroxylation is 2. The van der Waals surface area contributed by atoms with Crippen molar-refractivity contribution in [1.82, 2.24) is 4.90 Å². The molecule has 1 aromatic carbocycles. The molecule has 0 aliphatic heterocycles. The lowest BCUT2D eigenvalue weighted by Crippen LogP contribution is -2.45. The molecule has 0 bridgehead atoms. The largest absolute Gasteiger partial charge is 0.493 e. The summed E-state index contributed by atoms with van der Waals surface area (Å²) in [5, 5.41) is 9.85. The van der Waals surface area contributed by atoms with E-state index >= 15 is 0 Å².